The highest BCUT2D eigenvalue weighted by atomic mass is 15.2. The third kappa shape index (κ3) is 2.56. The normalized spacial score (nSPS) is 17.4. The van der Waals surface area contributed by atoms with Crippen molar-refractivity contribution in [1.29, 1.82) is 0 Å². The zero-order valence-electron chi connectivity index (χ0n) is 12.3. The average Bonchev–Trinajstić information content (AvgIpc) is 2.67. The number of hydrogen-bond donors (Lipinski definition) is 0. The van der Waals surface area contributed by atoms with Gasteiger partial charge >= 0.3 is 0 Å². The summed E-state index contributed by atoms with van der Waals surface area (Å²) in [6.07, 6.45) is 0. The van der Waals surface area contributed by atoms with Crippen LogP contribution in [0.1, 0.15) is 24.1 Å². The molecule has 0 bridgehead atoms. The van der Waals surface area contributed by atoms with E-state index < -0.39 is 0 Å². The molecule has 1 unspecified atom stereocenters. The summed E-state index contributed by atoms with van der Waals surface area (Å²) >= 11 is 0. The first kappa shape index (κ1) is 13.2. The van der Waals surface area contributed by atoms with E-state index in [4.69, 9.17) is 0 Å². The van der Waals surface area contributed by atoms with Gasteiger partial charge in [0.25, 0.3) is 0 Å². The smallest absolute Gasteiger partial charge is 0.0409 e. The first-order valence-corrected chi connectivity index (χ1v) is 7.34. The van der Waals surface area contributed by atoms with Gasteiger partial charge in [-0.05, 0) is 24.1 Å². The van der Waals surface area contributed by atoms with E-state index in [0.29, 0.717) is 6.04 Å². The Morgan fingerprint density at radius 2 is 1.60 bits per heavy atom. The van der Waals surface area contributed by atoms with Crippen LogP contribution in [-0.4, -0.2) is 25.0 Å². The van der Waals surface area contributed by atoms with Gasteiger partial charge in [-0.25, -0.2) is 0 Å². The standard InChI is InChI=1S/C18H22N2/c1-15(16-8-4-3-5-9-16)20-13-12-19(2)18-11-7-6-10-17(18)14-20/h3-11,15H,12-14H2,1-2H3. The number of fused-ring (bicyclic) bond motifs is 1. The van der Waals surface area contributed by atoms with E-state index in [1.807, 2.05) is 0 Å². The molecule has 2 nitrogen and oxygen atoms in total. The van der Waals surface area contributed by atoms with Crippen molar-refractivity contribution in [2.75, 3.05) is 25.0 Å². The minimum Gasteiger partial charge on any atom is -0.373 e. The van der Waals surface area contributed by atoms with Crippen molar-refractivity contribution in [2.45, 2.75) is 19.5 Å². The molecule has 1 atom stereocenters. The molecule has 0 radical (unpaired) electrons. The average molecular weight is 266 g/mol. The fourth-order valence-electron chi connectivity index (χ4n) is 2.99. The summed E-state index contributed by atoms with van der Waals surface area (Å²) in [6, 6.07) is 20.0. The largest absolute Gasteiger partial charge is 0.373 e. The van der Waals surface area contributed by atoms with Gasteiger partial charge in [-0.2, -0.15) is 0 Å². The van der Waals surface area contributed by atoms with Crippen LogP contribution < -0.4 is 4.90 Å². The Morgan fingerprint density at radius 3 is 2.40 bits per heavy atom. The van der Waals surface area contributed by atoms with Crippen molar-refractivity contribution in [3.05, 3.63) is 65.7 Å². The van der Waals surface area contributed by atoms with Gasteiger partial charge in [-0.15, -0.1) is 0 Å². The summed E-state index contributed by atoms with van der Waals surface area (Å²) in [5, 5.41) is 0. The van der Waals surface area contributed by atoms with Crippen molar-refractivity contribution >= 4 is 5.69 Å². The molecule has 2 aromatic rings. The summed E-state index contributed by atoms with van der Waals surface area (Å²) in [6.45, 7) is 5.51. The maximum Gasteiger partial charge on any atom is 0.0409 e. The second-order valence-electron chi connectivity index (χ2n) is 5.61. The van der Waals surface area contributed by atoms with Crippen molar-refractivity contribution in [3.63, 3.8) is 0 Å². The number of likely N-dealkylation sites (N-methyl/N-ethyl adjacent to an activating group) is 1. The molecule has 3 rings (SSSR count). The molecule has 0 N–H and O–H groups in total. The Balaban J connectivity index is 1.86. The van der Waals surface area contributed by atoms with Crippen LogP contribution in [0, 0.1) is 0 Å². The fraction of sp³-hybridized carbons (Fsp3) is 0.333. The molecule has 1 aliphatic heterocycles. The summed E-state index contributed by atoms with van der Waals surface area (Å²) in [5.41, 5.74) is 4.19. The van der Waals surface area contributed by atoms with E-state index in [2.05, 4.69) is 78.4 Å². The molecular weight excluding hydrogens is 244 g/mol. The van der Waals surface area contributed by atoms with Gasteiger partial charge < -0.3 is 4.90 Å². The maximum absolute atomic E-state index is 2.57. The number of anilines is 1. The summed E-state index contributed by atoms with van der Waals surface area (Å²) < 4.78 is 0. The topological polar surface area (TPSA) is 6.48 Å². The highest BCUT2D eigenvalue weighted by Crippen LogP contribution is 2.28. The first-order valence-electron chi connectivity index (χ1n) is 7.34. The molecule has 1 heterocycles. The Morgan fingerprint density at radius 1 is 0.900 bits per heavy atom. The lowest BCUT2D eigenvalue weighted by atomic mass is 10.1. The van der Waals surface area contributed by atoms with Gasteiger partial charge in [-0.1, -0.05) is 48.5 Å². The summed E-state index contributed by atoms with van der Waals surface area (Å²) in [5.74, 6) is 0. The predicted molar refractivity (Wildman–Crippen MR) is 85.0 cm³/mol. The SMILES string of the molecule is CC(c1ccccc1)N1CCN(C)c2ccccc2C1. The highest BCUT2D eigenvalue weighted by Gasteiger charge is 2.21. The molecule has 0 aliphatic carbocycles. The summed E-state index contributed by atoms with van der Waals surface area (Å²) in [4.78, 5) is 4.94. The maximum atomic E-state index is 2.57. The number of para-hydroxylation sites is 1. The zero-order valence-corrected chi connectivity index (χ0v) is 12.3. The third-order valence-corrected chi connectivity index (χ3v) is 4.33. The molecule has 0 saturated carbocycles. The van der Waals surface area contributed by atoms with Crippen molar-refractivity contribution < 1.29 is 0 Å². The van der Waals surface area contributed by atoms with Crippen molar-refractivity contribution in [1.82, 2.24) is 4.90 Å². The number of nitrogens with zero attached hydrogens (tertiary/aromatic N) is 2. The van der Waals surface area contributed by atoms with Gasteiger partial charge in [0.05, 0.1) is 0 Å². The molecular formula is C18H22N2. The third-order valence-electron chi connectivity index (χ3n) is 4.33. The quantitative estimate of drug-likeness (QED) is 0.818. The molecule has 2 heteroatoms. The number of rotatable bonds is 2. The molecule has 20 heavy (non-hydrogen) atoms. The molecule has 2 aromatic carbocycles. The Bertz CT molecular complexity index is 565. The second kappa shape index (κ2) is 5.68. The summed E-state index contributed by atoms with van der Waals surface area (Å²) in [7, 11) is 2.19. The van der Waals surface area contributed by atoms with Crippen LogP contribution in [0.15, 0.2) is 54.6 Å². The molecule has 0 fully saturated rings. The highest BCUT2D eigenvalue weighted by molar-refractivity contribution is 5.53. The molecule has 0 spiro atoms. The zero-order chi connectivity index (χ0) is 13.9. The van der Waals surface area contributed by atoms with Crippen LogP contribution in [0.25, 0.3) is 0 Å². The van der Waals surface area contributed by atoms with Crippen LogP contribution in [0.5, 0.6) is 0 Å². The van der Waals surface area contributed by atoms with Crippen LogP contribution >= 0.6 is 0 Å². The van der Waals surface area contributed by atoms with E-state index >= 15 is 0 Å². The van der Waals surface area contributed by atoms with Crippen LogP contribution in [0.3, 0.4) is 0 Å². The van der Waals surface area contributed by atoms with E-state index in [-0.39, 0.29) is 0 Å². The monoisotopic (exact) mass is 266 g/mol. The Labute approximate surface area is 121 Å². The Hall–Kier alpha value is -1.80. The lowest BCUT2D eigenvalue weighted by Gasteiger charge is -2.28. The number of benzene rings is 2. The predicted octanol–water partition coefficient (Wildman–Crippen LogP) is 3.70. The Kier molecular flexibility index (Phi) is 3.75. The van der Waals surface area contributed by atoms with Crippen molar-refractivity contribution in [3.8, 4) is 0 Å². The van der Waals surface area contributed by atoms with Crippen LogP contribution in [0.4, 0.5) is 5.69 Å². The van der Waals surface area contributed by atoms with Gasteiger partial charge in [-0.3, -0.25) is 4.90 Å². The first-order chi connectivity index (χ1) is 9.75. The van der Waals surface area contributed by atoms with Gasteiger partial charge in [0.15, 0.2) is 0 Å². The van der Waals surface area contributed by atoms with Gasteiger partial charge in [0.1, 0.15) is 0 Å². The number of hydrogen-bond acceptors (Lipinski definition) is 2. The van der Waals surface area contributed by atoms with E-state index in [1.165, 1.54) is 16.8 Å². The minimum atomic E-state index is 0.454. The van der Waals surface area contributed by atoms with Crippen molar-refractivity contribution in [2.24, 2.45) is 0 Å². The fourth-order valence-corrected chi connectivity index (χ4v) is 2.99. The molecule has 104 valence electrons. The van der Waals surface area contributed by atoms with Gasteiger partial charge in [0, 0.05) is 38.4 Å². The lowest BCUT2D eigenvalue weighted by molar-refractivity contribution is 0.211. The molecule has 0 saturated heterocycles. The van der Waals surface area contributed by atoms with Crippen LogP contribution in [0.2, 0.25) is 0 Å². The van der Waals surface area contributed by atoms with E-state index in [1.54, 1.807) is 0 Å². The van der Waals surface area contributed by atoms with E-state index in [9.17, 15) is 0 Å². The van der Waals surface area contributed by atoms with E-state index in [0.717, 1.165) is 19.6 Å². The van der Waals surface area contributed by atoms with Gasteiger partial charge in [0.2, 0.25) is 0 Å². The molecule has 0 aromatic heterocycles. The van der Waals surface area contributed by atoms with Crippen LogP contribution in [-0.2, 0) is 6.54 Å². The lowest BCUT2D eigenvalue weighted by Crippen LogP contribution is -2.31. The molecule has 0 amide bonds. The minimum absolute atomic E-state index is 0.454. The second-order valence-corrected chi connectivity index (χ2v) is 5.61. The molecule has 1 aliphatic rings.